The molecular formula is C42H51FN10O4. The van der Waals surface area contributed by atoms with Crippen LogP contribution in [-0.2, 0) is 9.59 Å². The minimum absolute atomic E-state index is 0.0217. The van der Waals surface area contributed by atoms with Crippen LogP contribution in [0.3, 0.4) is 0 Å². The first-order valence-corrected chi connectivity index (χ1v) is 20.2. The van der Waals surface area contributed by atoms with Crippen molar-refractivity contribution in [2.24, 2.45) is 5.92 Å². The van der Waals surface area contributed by atoms with Crippen molar-refractivity contribution < 1.29 is 23.6 Å². The number of benzene rings is 2. The third-order valence-corrected chi connectivity index (χ3v) is 12.0. The molecule has 1 aliphatic carbocycles. The Kier molecular flexibility index (Phi) is 11.1. The molecule has 1 atom stereocenters. The number of carbonyl (C=O) groups excluding carboxylic acids is 4. The number of aromatic nitrogens is 3. The Hall–Kier alpha value is -5.57. The van der Waals surface area contributed by atoms with Gasteiger partial charge in [0.2, 0.25) is 17.8 Å². The van der Waals surface area contributed by atoms with E-state index in [1.165, 1.54) is 17.8 Å². The molecule has 3 saturated heterocycles. The van der Waals surface area contributed by atoms with Gasteiger partial charge in [-0.25, -0.2) is 9.37 Å². The minimum atomic E-state index is -0.854. The zero-order valence-corrected chi connectivity index (χ0v) is 32.7. The molecule has 0 spiro atoms. The van der Waals surface area contributed by atoms with Gasteiger partial charge in [0.1, 0.15) is 23.2 Å². The van der Waals surface area contributed by atoms with Crippen molar-refractivity contribution in [1.82, 2.24) is 35.0 Å². The molecule has 4 aliphatic rings. The summed E-state index contributed by atoms with van der Waals surface area (Å²) in [5.41, 5.74) is 4.17. The van der Waals surface area contributed by atoms with E-state index in [0.29, 0.717) is 17.6 Å². The fourth-order valence-corrected chi connectivity index (χ4v) is 8.76. The molecule has 1 saturated carbocycles. The standard InChI is InChI=1S/C42H51FN10O4/c1-49(2)41(57)36-23-28-25-44-42(48-38(28)53(36)31-5-3-4-6-31)45-29-7-9-30(10-8-29)52-21-19-50(20-22-52)26-27-15-17-51(18-16-27)32-11-12-33(34(43)24-32)39(55)46-35-13-14-37(54)47-40(35)56/h7-12,23-25,27,31,35H,3-6,13-22,26H2,1-2H3,(H,46,55)(H,44,45,48)(H,47,54,56). The van der Waals surface area contributed by atoms with Crippen LogP contribution in [0.15, 0.2) is 54.7 Å². The van der Waals surface area contributed by atoms with Crippen LogP contribution in [0.2, 0.25) is 0 Å². The van der Waals surface area contributed by atoms with Gasteiger partial charge in [-0.3, -0.25) is 29.4 Å². The second kappa shape index (κ2) is 16.5. The van der Waals surface area contributed by atoms with Crippen LogP contribution < -0.4 is 25.8 Å². The van der Waals surface area contributed by atoms with Gasteiger partial charge in [0.15, 0.2) is 0 Å². The summed E-state index contributed by atoms with van der Waals surface area (Å²) >= 11 is 0. The number of nitrogens with one attached hydrogen (secondary N) is 3. The molecule has 14 nitrogen and oxygen atoms in total. The predicted molar refractivity (Wildman–Crippen MR) is 216 cm³/mol. The molecule has 3 N–H and O–H groups in total. The quantitative estimate of drug-likeness (QED) is 0.194. The Morgan fingerprint density at radius 1 is 0.877 bits per heavy atom. The maximum absolute atomic E-state index is 15.1. The molecule has 0 radical (unpaired) electrons. The molecule has 3 aliphatic heterocycles. The smallest absolute Gasteiger partial charge is 0.270 e. The van der Waals surface area contributed by atoms with Crippen LogP contribution >= 0.6 is 0 Å². The lowest BCUT2D eigenvalue weighted by Crippen LogP contribution is -2.52. The van der Waals surface area contributed by atoms with E-state index in [-0.39, 0.29) is 36.3 Å². The molecule has 5 heterocycles. The second-order valence-corrected chi connectivity index (χ2v) is 16.0. The summed E-state index contributed by atoms with van der Waals surface area (Å²) in [5, 5.41) is 9.00. The molecule has 2 aromatic heterocycles. The van der Waals surface area contributed by atoms with Crippen LogP contribution in [-0.4, -0.2) is 114 Å². The molecule has 4 aromatic rings. The van der Waals surface area contributed by atoms with Crippen LogP contribution in [0.1, 0.15) is 78.3 Å². The Labute approximate surface area is 331 Å². The Balaban J connectivity index is 0.803. The lowest BCUT2D eigenvalue weighted by molar-refractivity contribution is -0.134. The van der Waals surface area contributed by atoms with Crippen molar-refractivity contribution >= 4 is 57.7 Å². The van der Waals surface area contributed by atoms with E-state index in [4.69, 9.17) is 4.98 Å². The molecule has 0 bridgehead atoms. The summed E-state index contributed by atoms with van der Waals surface area (Å²) in [7, 11) is 3.56. The number of anilines is 4. The Morgan fingerprint density at radius 3 is 2.26 bits per heavy atom. The topological polar surface area (TPSA) is 148 Å². The van der Waals surface area contributed by atoms with Gasteiger partial charge in [0, 0.05) is 101 Å². The number of hydrogen-bond donors (Lipinski definition) is 3. The number of carbonyl (C=O) groups is 4. The molecule has 57 heavy (non-hydrogen) atoms. The fourth-order valence-electron chi connectivity index (χ4n) is 8.76. The zero-order chi connectivity index (χ0) is 39.6. The van der Waals surface area contributed by atoms with Gasteiger partial charge in [0.25, 0.3) is 11.8 Å². The summed E-state index contributed by atoms with van der Waals surface area (Å²) in [5.74, 6) is -1.19. The first kappa shape index (κ1) is 38.3. The first-order valence-electron chi connectivity index (χ1n) is 20.2. The number of imide groups is 1. The van der Waals surface area contributed by atoms with E-state index in [1.807, 2.05) is 6.07 Å². The van der Waals surface area contributed by atoms with E-state index in [9.17, 15) is 19.2 Å². The number of nitrogens with zero attached hydrogens (tertiary/aromatic N) is 7. The molecule has 15 heteroatoms. The van der Waals surface area contributed by atoms with E-state index in [2.05, 4.69) is 64.5 Å². The lowest BCUT2D eigenvalue weighted by atomic mass is 9.95. The summed E-state index contributed by atoms with van der Waals surface area (Å²) in [6.45, 7) is 6.53. The molecule has 4 amide bonds. The Bertz CT molecular complexity index is 2130. The van der Waals surface area contributed by atoms with Gasteiger partial charge in [-0.15, -0.1) is 0 Å². The van der Waals surface area contributed by atoms with Crippen molar-refractivity contribution in [3.05, 3.63) is 71.8 Å². The van der Waals surface area contributed by atoms with E-state index >= 15 is 4.39 Å². The minimum Gasteiger partial charge on any atom is -0.371 e. The number of piperazine rings is 1. The lowest BCUT2D eigenvalue weighted by Gasteiger charge is -2.40. The monoisotopic (exact) mass is 778 g/mol. The predicted octanol–water partition coefficient (Wildman–Crippen LogP) is 4.70. The van der Waals surface area contributed by atoms with Crippen molar-refractivity contribution in [3.8, 4) is 0 Å². The maximum Gasteiger partial charge on any atom is 0.270 e. The highest BCUT2D eigenvalue weighted by atomic mass is 19.1. The number of hydrogen-bond acceptors (Lipinski definition) is 10. The van der Waals surface area contributed by atoms with Crippen LogP contribution in [0.4, 0.5) is 27.4 Å². The van der Waals surface area contributed by atoms with E-state index in [0.717, 1.165) is 107 Å². The Morgan fingerprint density at radius 2 is 1.58 bits per heavy atom. The highest BCUT2D eigenvalue weighted by molar-refractivity contribution is 6.04. The largest absolute Gasteiger partial charge is 0.371 e. The van der Waals surface area contributed by atoms with Gasteiger partial charge in [-0.05, 0) is 86.6 Å². The third-order valence-electron chi connectivity index (χ3n) is 12.0. The van der Waals surface area contributed by atoms with Gasteiger partial charge in [-0.1, -0.05) is 12.8 Å². The van der Waals surface area contributed by atoms with Crippen LogP contribution in [0, 0.1) is 11.7 Å². The van der Waals surface area contributed by atoms with Crippen LogP contribution in [0.5, 0.6) is 0 Å². The van der Waals surface area contributed by atoms with Crippen molar-refractivity contribution in [1.29, 1.82) is 0 Å². The van der Waals surface area contributed by atoms with Crippen LogP contribution in [0.25, 0.3) is 11.0 Å². The summed E-state index contributed by atoms with van der Waals surface area (Å²) < 4.78 is 17.2. The average Bonchev–Trinajstić information content (AvgIpc) is 3.88. The highest BCUT2D eigenvalue weighted by Gasteiger charge is 2.30. The zero-order valence-electron chi connectivity index (χ0n) is 32.7. The average molecular weight is 779 g/mol. The maximum atomic E-state index is 15.1. The fraction of sp³-hybridized carbons (Fsp3) is 0.476. The summed E-state index contributed by atoms with van der Waals surface area (Å²) in [4.78, 5) is 67.4. The summed E-state index contributed by atoms with van der Waals surface area (Å²) in [6, 6.07) is 14.4. The molecular weight excluding hydrogens is 728 g/mol. The number of fused-ring (bicyclic) bond motifs is 1. The van der Waals surface area contributed by atoms with Gasteiger partial charge in [0.05, 0.1) is 5.56 Å². The van der Waals surface area contributed by atoms with Gasteiger partial charge < -0.3 is 29.9 Å². The summed E-state index contributed by atoms with van der Waals surface area (Å²) in [6.07, 6.45) is 8.55. The molecule has 300 valence electrons. The normalized spacial score (nSPS) is 19.9. The number of piperidine rings is 2. The number of halogens is 1. The molecule has 8 rings (SSSR count). The van der Waals surface area contributed by atoms with Gasteiger partial charge in [-0.2, -0.15) is 4.98 Å². The van der Waals surface area contributed by atoms with Crippen molar-refractivity contribution in [2.75, 3.05) is 75.0 Å². The number of rotatable bonds is 10. The number of amides is 4. The van der Waals surface area contributed by atoms with E-state index < -0.39 is 23.7 Å². The van der Waals surface area contributed by atoms with Gasteiger partial charge >= 0.3 is 0 Å². The van der Waals surface area contributed by atoms with E-state index in [1.54, 1.807) is 31.3 Å². The molecule has 2 aromatic carbocycles. The molecule has 1 unspecified atom stereocenters. The molecule has 4 fully saturated rings. The SMILES string of the molecule is CN(C)C(=O)c1cc2cnc(Nc3ccc(N4CCN(CC5CCN(c6ccc(C(=O)NC7CCC(=O)NC7=O)c(F)c6)CC5)CC4)cc3)nc2n1C1CCCC1. The first-order chi connectivity index (χ1) is 27.6. The van der Waals surface area contributed by atoms with Crippen molar-refractivity contribution in [2.45, 2.75) is 63.5 Å². The second-order valence-electron chi connectivity index (χ2n) is 16.0. The highest BCUT2D eigenvalue weighted by Crippen LogP contribution is 2.35. The third kappa shape index (κ3) is 8.43. The van der Waals surface area contributed by atoms with Crippen molar-refractivity contribution in [3.63, 3.8) is 0 Å².